The zero-order valence-electron chi connectivity index (χ0n) is 10.6. The minimum Gasteiger partial charge on any atom is -0.379 e. The molecule has 0 aliphatic heterocycles. The molecule has 2 nitrogen and oxygen atoms in total. The number of hydrogen-bond acceptors (Lipinski definition) is 2. The van der Waals surface area contributed by atoms with Gasteiger partial charge in [0, 0.05) is 24.2 Å². The zero-order valence-corrected chi connectivity index (χ0v) is 10.6. The second-order valence-corrected chi connectivity index (χ2v) is 4.51. The van der Waals surface area contributed by atoms with Gasteiger partial charge in [-0.3, -0.25) is 4.98 Å². The topological polar surface area (TPSA) is 24.9 Å². The summed E-state index contributed by atoms with van der Waals surface area (Å²) in [7, 11) is 0. The monoisotopic (exact) mass is 270 g/mol. The van der Waals surface area contributed by atoms with E-state index in [4.69, 9.17) is 0 Å². The molecule has 0 saturated heterocycles. The molecular weight excluding hydrogens is 258 g/mol. The van der Waals surface area contributed by atoms with Crippen molar-refractivity contribution in [2.75, 3.05) is 5.32 Å². The van der Waals surface area contributed by atoms with E-state index in [0.717, 1.165) is 22.7 Å². The number of nitrogens with zero attached hydrogens (tertiary/aromatic N) is 1. The summed E-state index contributed by atoms with van der Waals surface area (Å²) in [4.78, 5) is 4.32. The molecule has 0 aliphatic carbocycles. The lowest BCUT2D eigenvalue weighted by molar-refractivity contribution is 0.580. The molecule has 3 aromatic rings. The van der Waals surface area contributed by atoms with Gasteiger partial charge in [-0.25, -0.2) is 8.78 Å². The van der Waals surface area contributed by atoms with Gasteiger partial charge in [0.15, 0.2) is 0 Å². The summed E-state index contributed by atoms with van der Waals surface area (Å²) in [5.74, 6) is -1.14. The third-order valence-electron chi connectivity index (χ3n) is 3.04. The number of nitrogens with one attached hydrogen (secondary N) is 1. The first-order valence-electron chi connectivity index (χ1n) is 6.25. The third-order valence-corrected chi connectivity index (χ3v) is 3.04. The Morgan fingerprint density at radius 3 is 2.50 bits per heavy atom. The van der Waals surface area contributed by atoms with Crippen LogP contribution < -0.4 is 5.32 Å². The molecule has 1 aromatic heterocycles. The van der Waals surface area contributed by atoms with E-state index in [1.54, 1.807) is 6.20 Å². The first kappa shape index (κ1) is 12.5. The molecule has 0 bridgehead atoms. The molecule has 100 valence electrons. The smallest absolute Gasteiger partial charge is 0.126 e. The van der Waals surface area contributed by atoms with Crippen LogP contribution in [-0.2, 0) is 6.54 Å². The van der Waals surface area contributed by atoms with Crippen LogP contribution in [0.25, 0.3) is 10.9 Å². The van der Waals surface area contributed by atoms with Gasteiger partial charge in [0.2, 0.25) is 0 Å². The van der Waals surface area contributed by atoms with Gasteiger partial charge in [-0.2, -0.15) is 0 Å². The number of anilines is 1. The van der Waals surface area contributed by atoms with Crippen molar-refractivity contribution in [3.8, 4) is 0 Å². The van der Waals surface area contributed by atoms with E-state index in [1.165, 1.54) is 12.1 Å². The first-order valence-corrected chi connectivity index (χ1v) is 6.25. The number of pyridine rings is 1. The van der Waals surface area contributed by atoms with Crippen LogP contribution in [0.4, 0.5) is 14.5 Å². The fraction of sp³-hybridized carbons (Fsp3) is 0.0625. The maximum absolute atomic E-state index is 13.1. The van der Waals surface area contributed by atoms with E-state index in [9.17, 15) is 8.78 Å². The summed E-state index contributed by atoms with van der Waals surface area (Å²) >= 11 is 0. The normalized spacial score (nSPS) is 10.7. The average molecular weight is 270 g/mol. The Hall–Kier alpha value is -2.49. The molecule has 4 heteroatoms. The van der Waals surface area contributed by atoms with Crippen molar-refractivity contribution in [2.45, 2.75) is 6.54 Å². The Labute approximate surface area is 115 Å². The van der Waals surface area contributed by atoms with Crippen LogP contribution in [0.15, 0.2) is 54.7 Å². The first-order chi connectivity index (χ1) is 9.72. The maximum Gasteiger partial charge on any atom is 0.126 e. The van der Waals surface area contributed by atoms with Gasteiger partial charge in [-0.05, 0) is 29.8 Å². The molecule has 1 heterocycles. The lowest BCUT2D eigenvalue weighted by Crippen LogP contribution is -2.01. The minimum absolute atomic E-state index is 0.338. The number of para-hydroxylation sites is 1. The van der Waals surface area contributed by atoms with Gasteiger partial charge in [0.05, 0.1) is 11.2 Å². The van der Waals surface area contributed by atoms with Gasteiger partial charge < -0.3 is 5.32 Å². The predicted octanol–water partition coefficient (Wildman–Crippen LogP) is 4.13. The standard InChI is InChI=1S/C16H12F2N2/c17-13-7-11(8-14(18)9-13)10-20-15-5-1-3-12-4-2-6-19-16(12)15/h1-9,20H,10H2. The molecule has 0 unspecified atom stereocenters. The van der Waals surface area contributed by atoms with Crippen LogP contribution in [0.5, 0.6) is 0 Å². The number of benzene rings is 2. The van der Waals surface area contributed by atoms with Gasteiger partial charge in [0.25, 0.3) is 0 Å². The predicted molar refractivity (Wildman–Crippen MR) is 75.4 cm³/mol. The van der Waals surface area contributed by atoms with Crippen LogP contribution in [0.3, 0.4) is 0 Å². The summed E-state index contributed by atoms with van der Waals surface area (Å²) < 4.78 is 26.3. The Kier molecular flexibility index (Phi) is 3.29. The average Bonchev–Trinajstić information content (AvgIpc) is 2.44. The zero-order chi connectivity index (χ0) is 13.9. The van der Waals surface area contributed by atoms with E-state index >= 15 is 0 Å². The van der Waals surface area contributed by atoms with Crippen molar-refractivity contribution >= 4 is 16.6 Å². The Bertz CT molecular complexity index is 731. The molecule has 0 aliphatic rings. The highest BCUT2D eigenvalue weighted by atomic mass is 19.1. The minimum atomic E-state index is -0.571. The van der Waals surface area contributed by atoms with Gasteiger partial charge in [0.1, 0.15) is 11.6 Å². The lowest BCUT2D eigenvalue weighted by Gasteiger charge is -2.09. The Balaban J connectivity index is 1.87. The Morgan fingerprint density at radius 2 is 1.70 bits per heavy atom. The highest BCUT2D eigenvalue weighted by molar-refractivity contribution is 5.90. The molecular formula is C16H12F2N2. The third kappa shape index (κ3) is 2.59. The fourth-order valence-corrected chi connectivity index (χ4v) is 2.16. The van der Waals surface area contributed by atoms with Crippen LogP contribution in [0.2, 0.25) is 0 Å². The lowest BCUT2D eigenvalue weighted by atomic mass is 10.1. The highest BCUT2D eigenvalue weighted by Crippen LogP contribution is 2.21. The molecule has 0 amide bonds. The quantitative estimate of drug-likeness (QED) is 0.774. The van der Waals surface area contributed by atoms with Crippen LogP contribution in [0.1, 0.15) is 5.56 Å². The van der Waals surface area contributed by atoms with Crippen molar-refractivity contribution in [1.82, 2.24) is 4.98 Å². The van der Waals surface area contributed by atoms with Gasteiger partial charge >= 0.3 is 0 Å². The molecule has 0 radical (unpaired) electrons. The summed E-state index contributed by atoms with van der Waals surface area (Å²) in [6.45, 7) is 0.338. The second kappa shape index (κ2) is 5.25. The molecule has 20 heavy (non-hydrogen) atoms. The van der Waals surface area contributed by atoms with Gasteiger partial charge in [-0.1, -0.05) is 18.2 Å². The molecule has 3 rings (SSSR count). The summed E-state index contributed by atoms with van der Waals surface area (Å²) in [6, 6.07) is 13.1. The highest BCUT2D eigenvalue weighted by Gasteiger charge is 2.03. The van der Waals surface area contributed by atoms with Crippen LogP contribution in [0, 0.1) is 11.6 Å². The number of rotatable bonds is 3. The molecule has 0 spiro atoms. The number of fused-ring (bicyclic) bond motifs is 1. The summed E-state index contributed by atoms with van der Waals surface area (Å²) in [5, 5.41) is 4.18. The molecule has 1 N–H and O–H groups in total. The van der Waals surface area contributed by atoms with E-state index in [-0.39, 0.29) is 0 Å². The van der Waals surface area contributed by atoms with E-state index in [2.05, 4.69) is 10.3 Å². The summed E-state index contributed by atoms with van der Waals surface area (Å²) in [5.41, 5.74) is 2.23. The number of hydrogen-bond donors (Lipinski definition) is 1. The van der Waals surface area contributed by atoms with Crippen molar-refractivity contribution in [3.05, 3.63) is 71.9 Å². The fourth-order valence-electron chi connectivity index (χ4n) is 2.16. The van der Waals surface area contributed by atoms with E-state index < -0.39 is 11.6 Å². The molecule has 0 fully saturated rings. The van der Waals surface area contributed by atoms with Crippen molar-refractivity contribution in [1.29, 1.82) is 0 Å². The molecule has 2 aromatic carbocycles. The summed E-state index contributed by atoms with van der Waals surface area (Å²) in [6.07, 6.45) is 1.72. The van der Waals surface area contributed by atoms with Crippen LogP contribution in [-0.4, -0.2) is 4.98 Å². The van der Waals surface area contributed by atoms with Gasteiger partial charge in [-0.15, -0.1) is 0 Å². The molecule has 0 saturated carbocycles. The number of aromatic nitrogens is 1. The van der Waals surface area contributed by atoms with E-state index in [0.29, 0.717) is 12.1 Å². The second-order valence-electron chi connectivity index (χ2n) is 4.51. The SMILES string of the molecule is Fc1cc(F)cc(CNc2cccc3cccnc23)c1. The van der Waals surface area contributed by atoms with Crippen molar-refractivity contribution < 1.29 is 8.78 Å². The van der Waals surface area contributed by atoms with Crippen molar-refractivity contribution in [3.63, 3.8) is 0 Å². The largest absolute Gasteiger partial charge is 0.379 e. The Morgan fingerprint density at radius 1 is 0.950 bits per heavy atom. The maximum atomic E-state index is 13.1. The van der Waals surface area contributed by atoms with Crippen molar-refractivity contribution in [2.24, 2.45) is 0 Å². The van der Waals surface area contributed by atoms with E-state index in [1.807, 2.05) is 30.3 Å². The number of halogens is 2. The van der Waals surface area contributed by atoms with Crippen LogP contribution >= 0.6 is 0 Å². The molecule has 0 atom stereocenters.